The van der Waals surface area contributed by atoms with Crippen molar-refractivity contribution in [2.75, 3.05) is 6.61 Å². The number of ether oxygens (including phenoxy) is 2. The van der Waals surface area contributed by atoms with Crippen LogP contribution in [0.2, 0.25) is 0 Å². The van der Waals surface area contributed by atoms with Crippen LogP contribution in [0.3, 0.4) is 0 Å². The molecule has 38 heavy (non-hydrogen) atoms. The Balaban J connectivity index is 1.44. The van der Waals surface area contributed by atoms with E-state index in [1.165, 1.54) is 0 Å². The molecule has 8 atom stereocenters. The van der Waals surface area contributed by atoms with Gasteiger partial charge in [0.15, 0.2) is 6.61 Å². The lowest BCUT2D eigenvalue weighted by Crippen LogP contribution is -2.63. The molecule has 3 saturated carbocycles. The number of hydrogen-bond donors (Lipinski definition) is 2. The van der Waals surface area contributed by atoms with Crippen molar-refractivity contribution in [1.82, 2.24) is 0 Å². The third-order valence-corrected chi connectivity index (χ3v) is 11.1. The molecule has 0 saturated heterocycles. The number of hydrogen-bond acceptors (Lipinski definition) is 7. The molecule has 1 heterocycles. The maximum Gasteiger partial charge on any atom is 0.492 e. The highest BCUT2D eigenvalue weighted by Crippen LogP contribution is 2.68. The lowest BCUT2D eigenvalue weighted by Gasteiger charge is -2.61. The van der Waals surface area contributed by atoms with E-state index in [2.05, 4.69) is 27.4 Å². The topological polar surface area (TPSA) is 102 Å². The molecule has 5 rings (SSSR count). The van der Waals surface area contributed by atoms with Crippen molar-refractivity contribution in [3.05, 3.63) is 35.9 Å². The number of carbonyl (C=O) groups excluding carboxylic acids is 2. The molecular formula is C30H41BO7. The van der Waals surface area contributed by atoms with Crippen molar-refractivity contribution in [2.24, 2.45) is 34.0 Å². The summed E-state index contributed by atoms with van der Waals surface area (Å²) in [6.45, 7) is 14.3. The number of carbonyl (C=O) groups is 2. The second kappa shape index (κ2) is 9.49. The summed E-state index contributed by atoms with van der Waals surface area (Å²) in [5.41, 5.74) is 0.760. The van der Waals surface area contributed by atoms with Crippen molar-refractivity contribution in [3.8, 4) is 5.75 Å². The number of esters is 1. The maximum atomic E-state index is 13.5. The summed E-state index contributed by atoms with van der Waals surface area (Å²) in [6.07, 6.45) is 3.98. The highest BCUT2D eigenvalue weighted by Gasteiger charge is 2.68. The molecule has 2 bridgehead atoms. The second-order valence-electron chi connectivity index (χ2n) is 12.8. The van der Waals surface area contributed by atoms with Crippen molar-refractivity contribution in [2.45, 2.75) is 85.5 Å². The third kappa shape index (κ3) is 3.89. The molecule has 3 fully saturated rings. The molecule has 7 nitrogen and oxygen atoms in total. The zero-order valence-electron chi connectivity index (χ0n) is 23.3. The number of rotatable bonds is 5. The summed E-state index contributed by atoms with van der Waals surface area (Å²) in [5, 5.41) is 21.8. The van der Waals surface area contributed by atoms with Gasteiger partial charge in [-0.3, -0.25) is 4.79 Å². The van der Waals surface area contributed by atoms with E-state index in [-0.39, 0.29) is 35.6 Å². The van der Waals surface area contributed by atoms with Crippen molar-refractivity contribution >= 4 is 24.3 Å². The number of Topliss-reactive ketones (excluding diaryl/α,β-unsaturated/α-hetero) is 1. The summed E-state index contributed by atoms with van der Waals surface area (Å²) in [4.78, 5) is 26.8. The molecule has 0 aromatic heterocycles. The molecular weight excluding hydrogens is 483 g/mol. The van der Waals surface area contributed by atoms with E-state index in [0.717, 1.165) is 30.4 Å². The Morgan fingerprint density at radius 2 is 2.03 bits per heavy atom. The first-order valence-electron chi connectivity index (χ1n) is 14.0. The fraction of sp³-hybridized carbons (Fsp3) is 0.667. The van der Waals surface area contributed by atoms with Gasteiger partial charge < -0.3 is 24.3 Å². The van der Waals surface area contributed by atoms with E-state index in [1.54, 1.807) is 12.1 Å². The van der Waals surface area contributed by atoms with Gasteiger partial charge in [-0.05, 0) is 72.5 Å². The van der Waals surface area contributed by atoms with Gasteiger partial charge in [-0.15, -0.1) is 6.58 Å². The van der Waals surface area contributed by atoms with Gasteiger partial charge in [0.2, 0.25) is 0 Å². The first-order valence-corrected chi connectivity index (χ1v) is 14.0. The van der Waals surface area contributed by atoms with Crippen LogP contribution in [-0.2, 0) is 25.6 Å². The van der Waals surface area contributed by atoms with E-state index in [9.17, 15) is 19.7 Å². The zero-order valence-corrected chi connectivity index (χ0v) is 23.3. The van der Waals surface area contributed by atoms with Gasteiger partial charge in [-0.2, -0.15) is 0 Å². The van der Waals surface area contributed by atoms with Crippen LogP contribution in [-0.4, -0.2) is 47.8 Å². The fourth-order valence-electron chi connectivity index (χ4n) is 8.47. The highest BCUT2D eigenvalue weighted by molar-refractivity contribution is 6.62. The summed E-state index contributed by atoms with van der Waals surface area (Å²) >= 11 is 0. The normalized spacial score (nSPS) is 40.1. The van der Waals surface area contributed by atoms with Crippen molar-refractivity contribution in [1.29, 1.82) is 0 Å². The Morgan fingerprint density at radius 3 is 2.74 bits per heavy atom. The lowest BCUT2D eigenvalue weighted by atomic mass is 9.44. The number of aliphatic hydroxyl groups excluding tert-OH is 1. The summed E-state index contributed by atoms with van der Waals surface area (Å²) in [5.74, 6) is 0.0277. The molecule has 206 valence electrons. The van der Waals surface area contributed by atoms with Crippen LogP contribution in [0, 0.1) is 40.9 Å². The predicted octanol–water partition coefficient (Wildman–Crippen LogP) is 3.50. The fourth-order valence-corrected chi connectivity index (χ4v) is 8.47. The Kier molecular flexibility index (Phi) is 6.85. The first-order chi connectivity index (χ1) is 17.9. The number of ketones is 1. The maximum absolute atomic E-state index is 13.5. The van der Waals surface area contributed by atoms with Crippen LogP contribution in [0.1, 0.15) is 70.9 Å². The van der Waals surface area contributed by atoms with Gasteiger partial charge in [-0.25, -0.2) is 4.79 Å². The quantitative estimate of drug-likeness (QED) is 0.345. The van der Waals surface area contributed by atoms with E-state index < -0.39 is 36.1 Å². The van der Waals surface area contributed by atoms with Crippen LogP contribution < -0.4 is 10.2 Å². The minimum atomic E-state index is -1.00. The lowest BCUT2D eigenvalue weighted by molar-refractivity contribution is -0.207. The van der Waals surface area contributed by atoms with Gasteiger partial charge in [-0.1, -0.05) is 39.8 Å². The Labute approximate surface area is 226 Å². The van der Waals surface area contributed by atoms with Gasteiger partial charge >= 0.3 is 13.1 Å². The van der Waals surface area contributed by atoms with Gasteiger partial charge in [0.25, 0.3) is 0 Å². The van der Waals surface area contributed by atoms with Crippen molar-refractivity contribution in [3.63, 3.8) is 0 Å². The van der Waals surface area contributed by atoms with Crippen LogP contribution in [0.5, 0.6) is 5.75 Å². The molecule has 4 aliphatic rings. The van der Waals surface area contributed by atoms with E-state index in [1.807, 2.05) is 19.9 Å². The van der Waals surface area contributed by atoms with Crippen LogP contribution in [0.15, 0.2) is 24.8 Å². The predicted molar refractivity (Wildman–Crippen MR) is 144 cm³/mol. The molecule has 0 spiro atoms. The largest absolute Gasteiger partial charge is 0.492 e. The summed E-state index contributed by atoms with van der Waals surface area (Å²) in [6, 6.07) is 3.61. The number of benzene rings is 1. The smallest absolute Gasteiger partial charge is 0.482 e. The SMILES string of the molecule is C=C[C@]1(C)C[C@@H](OC(=O)COc2ccc3c(c2C)B(O)OC3)[C@@]2(C)[C@@H]3C(=O)CC[C@@]3(CC[C@@H]2C)[C@@H](C)[C@@H]1O. The van der Waals surface area contributed by atoms with Crippen LogP contribution in [0.4, 0.5) is 0 Å². The van der Waals surface area contributed by atoms with Gasteiger partial charge in [0, 0.05) is 23.2 Å². The molecule has 0 amide bonds. The monoisotopic (exact) mass is 524 g/mol. The molecule has 2 N–H and O–H groups in total. The Morgan fingerprint density at radius 1 is 1.29 bits per heavy atom. The van der Waals surface area contributed by atoms with Crippen molar-refractivity contribution < 1.29 is 33.8 Å². The third-order valence-electron chi connectivity index (χ3n) is 11.1. The average molecular weight is 524 g/mol. The van der Waals surface area contributed by atoms with E-state index >= 15 is 0 Å². The molecule has 0 radical (unpaired) electrons. The number of aliphatic hydroxyl groups is 1. The second-order valence-corrected chi connectivity index (χ2v) is 12.8. The average Bonchev–Trinajstić information content (AvgIpc) is 3.45. The van der Waals surface area contributed by atoms with Crippen LogP contribution >= 0.6 is 0 Å². The summed E-state index contributed by atoms with van der Waals surface area (Å²) < 4.78 is 17.4. The van der Waals surface area contributed by atoms with Crippen LogP contribution in [0.25, 0.3) is 0 Å². The number of fused-ring (bicyclic) bond motifs is 1. The zero-order chi connectivity index (χ0) is 27.6. The van der Waals surface area contributed by atoms with Gasteiger partial charge in [0.1, 0.15) is 17.6 Å². The van der Waals surface area contributed by atoms with E-state index in [4.69, 9.17) is 14.1 Å². The Bertz CT molecular complexity index is 1150. The Hall–Kier alpha value is -2.16. The van der Waals surface area contributed by atoms with Gasteiger partial charge in [0.05, 0.1) is 12.7 Å². The summed E-state index contributed by atoms with van der Waals surface area (Å²) in [7, 11) is -1.00. The minimum Gasteiger partial charge on any atom is -0.482 e. The first kappa shape index (κ1) is 27.4. The molecule has 0 unspecified atom stereocenters. The van der Waals surface area contributed by atoms with E-state index in [0.29, 0.717) is 30.7 Å². The molecule has 1 aliphatic heterocycles. The molecule has 8 heteroatoms. The molecule has 1 aromatic carbocycles. The standard InChI is InChI=1S/C30H41BO7/c1-7-28(5)14-23(38-24(33)16-36-22-9-8-20-15-37-31(35)25(20)18(22)3)29(6)17(2)10-12-30(19(4)27(28)34)13-11-21(32)26(29)30/h7-9,17,19,23,26-27,34-35H,1,10-16H2,2-6H3/t17-,19-,23+,26-,27-,28+,29-,30-/m0/s1. The molecule has 1 aromatic rings. The molecule has 3 aliphatic carbocycles. The highest BCUT2D eigenvalue weighted by atomic mass is 16.6. The minimum absolute atomic E-state index is 0.0733.